The molecule has 32 heavy (non-hydrogen) atoms. The van der Waals surface area contributed by atoms with Crippen LogP contribution in [-0.4, -0.2) is 35.4 Å². The highest BCUT2D eigenvalue weighted by Gasteiger charge is 2.20. The van der Waals surface area contributed by atoms with Crippen molar-refractivity contribution in [2.24, 2.45) is 5.92 Å². The molecule has 0 aliphatic carbocycles. The van der Waals surface area contributed by atoms with Crippen LogP contribution in [0.2, 0.25) is 0 Å². The average molecular weight is 453 g/mol. The highest BCUT2D eigenvalue weighted by atomic mass is 16.7. The number of hydrazine groups is 1. The number of rotatable bonds is 18. The maximum absolute atomic E-state index is 12.5. The summed E-state index contributed by atoms with van der Waals surface area (Å²) in [5, 5.41) is 33.4. The third-order valence-corrected chi connectivity index (χ3v) is 4.60. The van der Waals surface area contributed by atoms with Gasteiger partial charge in [0.2, 0.25) is 11.8 Å². The van der Waals surface area contributed by atoms with Gasteiger partial charge < -0.3 is 16.0 Å². The molecule has 0 unspecified atom stereocenters. The fraction of sp³-hybridized carbons (Fsp3) is 0.762. The van der Waals surface area contributed by atoms with Crippen LogP contribution in [0.5, 0.6) is 0 Å². The Balaban J connectivity index is 4.36. The number of nitro groups is 1. The highest BCUT2D eigenvalue weighted by molar-refractivity contribution is 5.87. The normalized spacial score (nSPS) is 11.3. The van der Waals surface area contributed by atoms with Gasteiger partial charge in [0.15, 0.2) is 5.03 Å². The van der Waals surface area contributed by atoms with Crippen LogP contribution in [-0.2, 0) is 9.59 Å². The Morgan fingerprint density at radius 3 is 2.41 bits per heavy atom. The van der Waals surface area contributed by atoms with E-state index in [-0.39, 0.29) is 18.4 Å². The molecule has 0 aromatic carbocycles. The number of guanidine groups is 1. The van der Waals surface area contributed by atoms with Crippen molar-refractivity contribution in [2.45, 2.75) is 90.5 Å². The maximum atomic E-state index is 12.5. The van der Waals surface area contributed by atoms with Gasteiger partial charge in [-0.3, -0.25) is 15.0 Å². The molecule has 0 aliphatic rings. The Morgan fingerprint density at radius 1 is 1.12 bits per heavy atom. The van der Waals surface area contributed by atoms with Crippen molar-refractivity contribution in [3.63, 3.8) is 0 Å². The van der Waals surface area contributed by atoms with Gasteiger partial charge in [-0.1, -0.05) is 45.0 Å². The van der Waals surface area contributed by atoms with E-state index in [1.807, 2.05) is 13.8 Å². The van der Waals surface area contributed by atoms with Crippen LogP contribution in [0.1, 0.15) is 84.5 Å². The van der Waals surface area contributed by atoms with Gasteiger partial charge in [0.1, 0.15) is 6.04 Å². The lowest BCUT2D eigenvalue weighted by atomic mass is 10.1. The Kier molecular flexibility index (Phi) is 17.1. The molecule has 1 radical (unpaired) electrons. The molecule has 0 heterocycles. The minimum absolute atomic E-state index is 0.186. The van der Waals surface area contributed by atoms with E-state index >= 15 is 0 Å². The van der Waals surface area contributed by atoms with Crippen LogP contribution in [0.3, 0.4) is 0 Å². The average Bonchev–Trinajstić information content (AvgIpc) is 2.71. The summed E-state index contributed by atoms with van der Waals surface area (Å²) in [5.74, 6) is -0.519. The third kappa shape index (κ3) is 17.9. The first-order valence-corrected chi connectivity index (χ1v) is 11.3. The van der Waals surface area contributed by atoms with Gasteiger partial charge in [0.05, 0.1) is 6.07 Å². The van der Waals surface area contributed by atoms with E-state index in [1.54, 1.807) is 12.0 Å². The van der Waals surface area contributed by atoms with Gasteiger partial charge >= 0.3 is 0 Å². The molecule has 0 saturated carbocycles. The van der Waals surface area contributed by atoms with E-state index < -0.39 is 17.0 Å². The van der Waals surface area contributed by atoms with Gasteiger partial charge in [-0.2, -0.15) is 5.26 Å². The molecule has 181 valence electrons. The monoisotopic (exact) mass is 452 g/mol. The van der Waals surface area contributed by atoms with Crippen molar-refractivity contribution in [1.82, 2.24) is 21.4 Å². The zero-order valence-corrected chi connectivity index (χ0v) is 19.2. The molecule has 0 aromatic heterocycles. The number of hydrogen-bond acceptors (Lipinski definition) is 6. The van der Waals surface area contributed by atoms with Crippen molar-refractivity contribution in [2.75, 3.05) is 6.54 Å². The van der Waals surface area contributed by atoms with Crippen molar-refractivity contribution in [1.29, 1.82) is 10.7 Å². The van der Waals surface area contributed by atoms with Crippen molar-refractivity contribution in [3.05, 3.63) is 16.7 Å². The van der Waals surface area contributed by atoms with E-state index in [0.717, 1.165) is 38.5 Å². The van der Waals surface area contributed by atoms with Gasteiger partial charge in [-0.15, -0.1) is 0 Å². The van der Waals surface area contributed by atoms with Crippen molar-refractivity contribution in [3.8, 4) is 6.07 Å². The van der Waals surface area contributed by atoms with E-state index in [9.17, 15) is 19.7 Å². The molecule has 5 N–H and O–H groups in total. The number of carbonyl (C=O) groups excluding carboxylic acids is 2. The standard InChI is InChI=1S/C21H38N7O4/c1-17(2)13-16-24-20(30)18(11-10-15-25-21(23)27-28(31)32)26-19(29)12-8-6-4-3-5-7-9-14-22/h16-18H,3-13,15H2,1-2H3,(H,24,30)(H,26,29)(H3,23,25,27)/t18-/m0/s1. The molecule has 2 amide bonds. The zero-order chi connectivity index (χ0) is 24.2. The molecule has 0 aliphatic heterocycles. The second-order valence-corrected chi connectivity index (χ2v) is 8.05. The lowest BCUT2D eigenvalue weighted by Gasteiger charge is -2.19. The van der Waals surface area contributed by atoms with Crippen LogP contribution in [0, 0.1) is 39.3 Å². The van der Waals surface area contributed by atoms with Gasteiger partial charge in [0, 0.05) is 25.9 Å². The number of hydrogen-bond donors (Lipinski definition) is 5. The minimum atomic E-state index is -0.831. The number of unbranched alkanes of at least 4 members (excludes halogenated alkanes) is 6. The van der Waals surface area contributed by atoms with E-state index in [0.29, 0.717) is 38.0 Å². The summed E-state index contributed by atoms with van der Waals surface area (Å²) in [6.07, 6.45) is 8.09. The molecule has 0 saturated heterocycles. The minimum Gasteiger partial charge on any atom is -0.352 e. The van der Waals surface area contributed by atoms with Gasteiger partial charge in [0.25, 0.3) is 5.96 Å². The lowest BCUT2D eigenvalue weighted by molar-refractivity contribution is -0.525. The molecule has 0 rings (SSSR count). The summed E-state index contributed by atoms with van der Waals surface area (Å²) >= 11 is 0. The third-order valence-electron chi connectivity index (χ3n) is 4.60. The molecule has 11 heteroatoms. The van der Waals surface area contributed by atoms with Crippen LogP contribution >= 0.6 is 0 Å². The van der Waals surface area contributed by atoms with Crippen molar-refractivity contribution < 1.29 is 14.6 Å². The summed E-state index contributed by atoms with van der Waals surface area (Å²) in [4.78, 5) is 35.1. The zero-order valence-electron chi connectivity index (χ0n) is 19.2. The van der Waals surface area contributed by atoms with E-state index in [4.69, 9.17) is 10.7 Å². The quantitative estimate of drug-likeness (QED) is 0.0698. The molecule has 11 nitrogen and oxygen atoms in total. The Labute approximate surface area is 190 Å². The molecule has 0 aromatic rings. The smallest absolute Gasteiger partial charge is 0.251 e. The van der Waals surface area contributed by atoms with E-state index in [1.165, 1.54) is 0 Å². The number of nitrogens with one attached hydrogen (secondary N) is 5. The fourth-order valence-electron chi connectivity index (χ4n) is 2.88. The van der Waals surface area contributed by atoms with Crippen LogP contribution in [0.15, 0.2) is 0 Å². The molecule has 0 fully saturated rings. The number of nitrogens with zero attached hydrogens (tertiary/aromatic N) is 2. The Bertz CT molecular complexity index is 620. The Morgan fingerprint density at radius 2 is 1.78 bits per heavy atom. The molecule has 1 atom stereocenters. The first kappa shape index (κ1) is 29.1. The predicted molar refractivity (Wildman–Crippen MR) is 121 cm³/mol. The topological polar surface area (TPSA) is 173 Å². The summed E-state index contributed by atoms with van der Waals surface area (Å²) in [6.45, 7) is 6.00. The summed E-state index contributed by atoms with van der Waals surface area (Å²) < 4.78 is 0. The second kappa shape index (κ2) is 18.8. The van der Waals surface area contributed by atoms with Gasteiger partial charge in [-0.05, 0) is 38.0 Å². The number of amides is 2. The molecular weight excluding hydrogens is 414 g/mol. The van der Waals surface area contributed by atoms with Crippen LogP contribution in [0.4, 0.5) is 0 Å². The van der Waals surface area contributed by atoms with Gasteiger partial charge in [-0.25, -0.2) is 10.1 Å². The lowest BCUT2D eigenvalue weighted by Crippen LogP contribution is -2.46. The first-order chi connectivity index (χ1) is 15.3. The Hall–Kier alpha value is -2.90. The highest BCUT2D eigenvalue weighted by Crippen LogP contribution is 2.09. The number of carbonyl (C=O) groups is 2. The summed E-state index contributed by atoms with van der Waals surface area (Å²) in [5.41, 5.74) is 1.70. The first-order valence-electron chi connectivity index (χ1n) is 11.3. The van der Waals surface area contributed by atoms with E-state index in [2.05, 4.69) is 22.0 Å². The summed E-state index contributed by atoms with van der Waals surface area (Å²) in [6, 6.07) is 1.42. The largest absolute Gasteiger partial charge is 0.352 e. The van der Waals surface area contributed by atoms with Crippen LogP contribution < -0.4 is 21.4 Å². The maximum Gasteiger partial charge on any atom is 0.251 e. The van der Waals surface area contributed by atoms with Crippen molar-refractivity contribution >= 4 is 17.8 Å². The molecule has 0 bridgehead atoms. The SMILES string of the molecule is CC(C)C[CH]NC(=O)[C@H](CCCNC(=N)N[N+](=O)[O-])NC(=O)CCCCCCCCC#N. The molecule has 0 spiro atoms. The summed E-state index contributed by atoms with van der Waals surface area (Å²) in [7, 11) is 0. The fourth-order valence-corrected chi connectivity index (χ4v) is 2.88. The molecular formula is C21H38N7O4. The van der Waals surface area contributed by atoms with Crippen LogP contribution in [0.25, 0.3) is 0 Å². The second-order valence-electron chi connectivity index (χ2n) is 8.05. The number of nitriles is 1. The predicted octanol–water partition coefficient (Wildman–Crippen LogP) is 2.53.